The van der Waals surface area contributed by atoms with Crippen molar-refractivity contribution in [3.05, 3.63) is 99.6 Å². The highest BCUT2D eigenvalue weighted by Crippen LogP contribution is 2.25. The molecule has 29 heavy (non-hydrogen) atoms. The average molecular weight is 397 g/mol. The predicted molar refractivity (Wildman–Crippen MR) is 106 cm³/mol. The van der Waals surface area contributed by atoms with E-state index >= 15 is 0 Å². The number of carbonyl (C=O) groups is 1. The fourth-order valence-electron chi connectivity index (χ4n) is 2.71. The van der Waals surface area contributed by atoms with Crippen molar-refractivity contribution in [1.82, 2.24) is 0 Å². The summed E-state index contributed by atoms with van der Waals surface area (Å²) in [6.45, 7) is 1.81. The first-order chi connectivity index (χ1) is 13.8. The number of nitrogens with one attached hydrogen (secondary N) is 2. The molecular weight excluding hydrogens is 380 g/mol. The van der Waals surface area contributed by atoms with Crippen LogP contribution in [0.5, 0.6) is 0 Å². The third-order valence-corrected chi connectivity index (χ3v) is 4.31. The third kappa shape index (κ3) is 4.92. The van der Waals surface area contributed by atoms with Crippen LogP contribution < -0.4 is 10.6 Å². The molecule has 0 saturated carbocycles. The van der Waals surface area contributed by atoms with E-state index in [9.17, 15) is 23.7 Å². The molecule has 1 amide bonds. The number of hydrogen-bond donors (Lipinski definition) is 2. The molecule has 0 aliphatic rings. The van der Waals surface area contributed by atoms with Crippen molar-refractivity contribution in [3.63, 3.8) is 0 Å². The summed E-state index contributed by atoms with van der Waals surface area (Å²) < 4.78 is 27.0. The molecule has 0 saturated heterocycles. The zero-order valence-corrected chi connectivity index (χ0v) is 15.4. The van der Waals surface area contributed by atoms with Gasteiger partial charge >= 0.3 is 0 Å². The van der Waals surface area contributed by atoms with Gasteiger partial charge in [0, 0.05) is 23.4 Å². The van der Waals surface area contributed by atoms with Crippen LogP contribution in [0, 0.1) is 21.7 Å². The Morgan fingerprint density at radius 3 is 2.24 bits per heavy atom. The summed E-state index contributed by atoms with van der Waals surface area (Å²) in [5.74, 6) is -1.50. The van der Waals surface area contributed by atoms with Crippen LogP contribution in [0.15, 0.2) is 66.7 Å². The fraction of sp³-hybridized carbons (Fsp3) is 0.0952. The Bertz CT molecular complexity index is 1040. The van der Waals surface area contributed by atoms with E-state index in [1.54, 1.807) is 24.3 Å². The van der Waals surface area contributed by atoms with Gasteiger partial charge in [0.2, 0.25) is 0 Å². The van der Waals surface area contributed by atoms with Crippen LogP contribution in [0.2, 0.25) is 0 Å². The molecule has 0 bridgehead atoms. The Morgan fingerprint density at radius 1 is 1.00 bits per heavy atom. The highest BCUT2D eigenvalue weighted by Gasteiger charge is 2.13. The lowest BCUT2D eigenvalue weighted by Gasteiger charge is -2.17. The Balaban J connectivity index is 1.65. The van der Waals surface area contributed by atoms with Gasteiger partial charge in [-0.1, -0.05) is 12.1 Å². The van der Waals surface area contributed by atoms with Crippen LogP contribution in [0.3, 0.4) is 0 Å². The van der Waals surface area contributed by atoms with E-state index in [0.29, 0.717) is 11.3 Å². The maximum atomic E-state index is 14.0. The van der Waals surface area contributed by atoms with Crippen LogP contribution in [-0.4, -0.2) is 10.8 Å². The molecular formula is C21H17F2N3O3. The molecule has 0 spiro atoms. The third-order valence-electron chi connectivity index (χ3n) is 4.31. The van der Waals surface area contributed by atoms with Crippen LogP contribution in [0.1, 0.15) is 28.9 Å². The second kappa shape index (κ2) is 8.47. The number of nitro benzene ring substituents is 1. The SMILES string of the molecule is CC(Nc1ccc([N+](=O)[O-])cc1F)c1ccc(NC(=O)c2ccc(F)cc2)cc1. The number of rotatable bonds is 6. The molecule has 0 aliphatic heterocycles. The largest absolute Gasteiger partial charge is 0.376 e. The summed E-state index contributed by atoms with van der Waals surface area (Å²) >= 11 is 0. The number of hydrogen-bond acceptors (Lipinski definition) is 4. The number of amides is 1. The van der Waals surface area contributed by atoms with Gasteiger partial charge in [-0.2, -0.15) is 0 Å². The summed E-state index contributed by atoms with van der Waals surface area (Å²) in [7, 11) is 0. The molecule has 0 aromatic heterocycles. The molecule has 0 aliphatic carbocycles. The fourth-order valence-corrected chi connectivity index (χ4v) is 2.71. The van der Waals surface area contributed by atoms with Crippen molar-refractivity contribution in [1.29, 1.82) is 0 Å². The standard InChI is InChI=1S/C21H17F2N3O3/c1-13(24-20-11-10-18(26(28)29)12-19(20)23)14-4-8-17(9-5-14)25-21(27)15-2-6-16(22)7-3-15/h2-13,24H,1H3,(H,25,27). The van der Waals surface area contributed by atoms with E-state index in [1.807, 2.05) is 6.92 Å². The number of halogens is 2. The summed E-state index contributed by atoms with van der Waals surface area (Å²) in [6.07, 6.45) is 0. The Labute approximate surface area is 165 Å². The number of nitrogens with zero attached hydrogens (tertiary/aromatic N) is 1. The lowest BCUT2D eigenvalue weighted by Crippen LogP contribution is -2.12. The Hall–Kier alpha value is -3.81. The maximum absolute atomic E-state index is 14.0. The van der Waals surface area contributed by atoms with E-state index in [1.165, 1.54) is 36.4 Å². The summed E-state index contributed by atoms with van der Waals surface area (Å²) in [6, 6.07) is 15.3. The maximum Gasteiger partial charge on any atom is 0.272 e. The van der Waals surface area contributed by atoms with Crippen molar-refractivity contribution in [2.45, 2.75) is 13.0 Å². The van der Waals surface area contributed by atoms with E-state index in [-0.39, 0.29) is 23.3 Å². The van der Waals surface area contributed by atoms with Gasteiger partial charge in [-0.3, -0.25) is 14.9 Å². The van der Waals surface area contributed by atoms with Gasteiger partial charge in [0.15, 0.2) is 5.82 Å². The quantitative estimate of drug-likeness (QED) is 0.437. The van der Waals surface area contributed by atoms with Gasteiger partial charge in [-0.05, 0) is 55.0 Å². The smallest absolute Gasteiger partial charge is 0.272 e. The first kappa shape index (κ1) is 19.9. The Kier molecular flexibility index (Phi) is 5.82. The van der Waals surface area contributed by atoms with Crippen LogP contribution >= 0.6 is 0 Å². The Morgan fingerprint density at radius 2 is 1.66 bits per heavy atom. The molecule has 0 radical (unpaired) electrons. The average Bonchev–Trinajstić information content (AvgIpc) is 2.70. The molecule has 2 N–H and O–H groups in total. The van der Waals surface area contributed by atoms with Gasteiger partial charge in [0.05, 0.1) is 16.7 Å². The molecule has 3 rings (SSSR count). The first-order valence-electron chi connectivity index (χ1n) is 8.71. The van der Waals surface area contributed by atoms with Crippen molar-refractivity contribution < 1.29 is 18.5 Å². The van der Waals surface area contributed by atoms with E-state index in [4.69, 9.17) is 0 Å². The summed E-state index contributed by atoms with van der Waals surface area (Å²) in [4.78, 5) is 22.2. The highest BCUT2D eigenvalue weighted by molar-refractivity contribution is 6.04. The monoisotopic (exact) mass is 397 g/mol. The van der Waals surface area contributed by atoms with Gasteiger partial charge in [0.25, 0.3) is 11.6 Å². The number of benzene rings is 3. The molecule has 148 valence electrons. The van der Waals surface area contributed by atoms with Crippen molar-refractivity contribution in [2.24, 2.45) is 0 Å². The van der Waals surface area contributed by atoms with Gasteiger partial charge in [-0.25, -0.2) is 8.78 Å². The molecule has 1 unspecified atom stereocenters. The summed E-state index contributed by atoms with van der Waals surface area (Å²) in [5.41, 5.74) is 1.54. The topological polar surface area (TPSA) is 84.3 Å². The van der Waals surface area contributed by atoms with E-state index < -0.39 is 16.6 Å². The van der Waals surface area contributed by atoms with Crippen molar-refractivity contribution >= 4 is 23.0 Å². The number of non-ortho nitro benzene ring substituents is 1. The number of nitro groups is 1. The minimum atomic E-state index is -0.714. The summed E-state index contributed by atoms with van der Waals surface area (Å²) in [5, 5.41) is 16.4. The minimum absolute atomic E-state index is 0.150. The predicted octanol–water partition coefficient (Wildman–Crippen LogP) is 5.30. The van der Waals surface area contributed by atoms with Gasteiger partial charge in [0.1, 0.15) is 5.82 Å². The minimum Gasteiger partial charge on any atom is -0.376 e. The molecule has 1 atom stereocenters. The molecule has 6 nitrogen and oxygen atoms in total. The first-order valence-corrected chi connectivity index (χ1v) is 8.71. The van der Waals surface area contributed by atoms with E-state index in [2.05, 4.69) is 10.6 Å². The van der Waals surface area contributed by atoms with Crippen molar-refractivity contribution in [3.8, 4) is 0 Å². The van der Waals surface area contributed by atoms with Crippen LogP contribution in [0.25, 0.3) is 0 Å². The zero-order valence-electron chi connectivity index (χ0n) is 15.4. The lowest BCUT2D eigenvalue weighted by atomic mass is 10.1. The number of anilines is 2. The van der Waals surface area contributed by atoms with Crippen LogP contribution in [0.4, 0.5) is 25.8 Å². The highest BCUT2D eigenvalue weighted by atomic mass is 19.1. The molecule has 8 heteroatoms. The lowest BCUT2D eigenvalue weighted by molar-refractivity contribution is -0.385. The molecule has 0 heterocycles. The normalized spacial score (nSPS) is 11.6. The molecule has 3 aromatic rings. The molecule has 0 fully saturated rings. The van der Waals surface area contributed by atoms with Gasteiger partial charge in [-0.15, -0.1) is 0 Å². The second-order valence-corrected chi connectivity index (χ2v) is 6.37. The van der Waals surface area contributed by atoms with Gasteiger partial charge < -0.3 is 10.6 Å². The van der Waals surface area contributed by atoms with Crippen LogP contribution in [-0.2, 0) is 0 Å². The van der Waals surface area contributed by atoms with E-state index in [0.717, 1.165) is 11.6 Å². The number of carbonyl (C=O) groups excluding carboxylic acids is 1. The van der Waals surface area contributed by atoms with Crippen molar-refractivity contribution in [2.75, 3.05) is 10.6 Å². The second-order valence-electron chi connectivity index (χ2n) is 6.37. The molecule has 3 aromatic carbocycles. The zero-order chi connectivity index (χ0) is 21.0.